The third kappa shape index (κ3) is 3.95. The van der Waals surface area contributed by atoms with Gasteiger partial charge in [0.2, 0.25) is 0 Å². The van der Waals surface area contributed by atoms with E-state index in [4.69, 9.17) is 0 Å². The van der Waals surface area contributed by atoms with Crippen molar-refractivity contribution in [1.82, 2.24) is 5.32 Å². The van der Waals surface area contributed by atoms with Crippen LogP contribution in [0.5, 0.6) is 0 Å². The van der Waals surface area contributed by atoms with Crippen molar-refractivity contribution in [2.45, 2.75) is 26.7 Å². The molecule has 1 amide bonds. The third-order valence-electron chi connectivity index (χ3n) is 3.41. The minimum Gasteiger partial charge on any atom is -0.352 e. The summed E-state index contributed by atoms with van der Waals surface area (Å²) in [6.07, 6.45) is 1.95. The first-order valence-electron chi connectivity index (χ1n) is 7.06. The van der Waals surface area contributed by atoms with Gasteiger partial charge in [-0.3, -0.25) is 4.79 Å². The Labute approximate surface area is 120 Å². The monoisotopic (exact) mass is 267 g/mol. The Kier molecular flexibility index (Phi) is 4.94. The Morgan fingerprint density at radius 3 is 2.55 bits per heavy atom. The van der Waals surface area contributed by atoms with Gasteiger partial charge in [0.1, 0.15) is 0 Å². The number of hydrogen-bond donors (Lipinski definition) is 1. The molecule has 2 rings (SSSR count). The van der Waals surface area contributed by atoms with Crippen LogP contribution >= 0.6 is 0 Å². The largest absolute Gasteiger partial charge is 0.352 e. The molecule has 0 radical (unpaired) electrons. The Morgan fingerprint density at radius 2 is 1.80 bits per heavy atom. The summed E-state index contributed by atoms with van der Waals surface area (Å²) in [4.78, 5) is 12.1. The number of carbonyl (C=O) groups excluding carboxylic acids is 1. The zero-order valence-corrected chi connectivity index (χ0v) is 12.1. The molecule has 20 heavy (non-hydrogen) atoms. The van der Waals surface area contributed by atoms with Crippen molar-refractivity contribution in [3.05, 3.63) is 70.8 Å². The summed E-state index contributed by atoms with van der Waals surface area (Å²) in [6, 6.07) is 16.3. The van der Waals surface area contributed by atoms with Crippen LogP contribution in [0, 0.1) is 13.8 Å². The summed E-state index contributed by atoms with van der Waals surface area (Å²) in [7, 11) is 0. The number of aryl methyl sites for hydroxylation is 3. The maximum absolute atomic E-state index is 12.1. The smallest absolute Gasteiger partial charge is 0.251 e. The van der Waals surface area contributed by atoms with Crippen LogP contribution in [0.2, 0.25) is 0 Å². The fourth-order valence-corrected chi connectivity index (χ4v) is 2.21. The molecule has 0 atom stereocenters. The average Bonchev–Trinajstić information content (AvgIpc) is 2.47. The van der Waals surface area contributed by atoms with Crippen LogP contribution in [0.25, 0.3) is 0 Å². The Hall–Kier alpha value is -2.09. The van der Waals surface area contributed by atoms with E-state index in [1.54, 1.807) is 0 Å². The fraction of sp³-hybridized carbons (Fsp3) is 0.278. The lowest BCUT2D eigenvalue weighted by molar-refractivity contribution is 0.0952. The Bertz CT molecular complexity index is 575. The van der Waals surface area contributed by atoms with Crippen molar-refractivity contribution < 1.29 is 4.79 Å². The predicted molar refractivity (Wildman–Crippen MR) is 83.0 cm³/mol. The highest BCUT2D eigenvalue weighted by molar-refractivity contribution is 5.95. The van der Waals surface area contributed by atoms with Gasteiger partial charge in [-0.25, -0.2) is 0 Å². The average molecular weight is 267 g/mol. The van der Waals surface area contributed by atoms with E-state index in [0.717, 1.165) is 29.5 Å². The number of hydrogen-bond acceptors (Lipinski definition) is 1. The van der Waals surface area contributed by atoms with E-state index in [2.05, 4.69) is 17.4 Å². The first-order chi connectivity index (χ1) is 9.66. The van der Waals surface area contributed by atoms with Gasteiger partial charge < -0.3 is 5.32 Å². The molecule has 1 N–H and O–H groups in total. The van der Waals surface area contributed by atoms with Gasteiger partial charge in [0.05, 0.1) is 0 Å². The summed E-state index contributed by atoms with van der Waals surface area (Å²) < 4.78 is 0. The highest BCUT2D eigenvalue weighted by Crippen LogP contribution is 2.10. The second-order valence-electron chi connectivity index (χ2n) is 5.16. The van der Waals surface area contributed by atoms with Gasteiger partial charge in [0, 0.05) is 12.1 Å². The lowest BCUT2D eigenvalue weighted by atomic mass is 10.0. The van der Waals surface area contributed by atoms with Crippen LogP contribution < -0.4 is 5.32 Å². The molecule has 2 nitrogen and oxygen atoms in total. The molecule has 0 saturated carbocycles. The molecule has 0 spiro atoms. The molecule has 2 heteroatoms. The van der Waals surface area contributed by atoms with Gasteiger partial charge in [0.15, 0.2) is 0 Å². The minimum atomic E-state index is 0.0271. The molecule has 2 aromatic carbocycles. The Morgan fingerprint density at radius 1 is 1.05 bits per heavy atom. The van der Waals surface area contributed by atoms with Crippen molar-refractivity contribution in [3.63, 3.8) is 0 Å². The molecule has 104 valence electrons. The van der Waals surface area contributed by atoms with Crippen molar-refractivity contribution in [2.75, 3.05) is 6.54 Å². The molecule has 0 aliphatic rings. The second kappa shape index (κ2) is 6.90. The number of carbonyl (C=O) groups is 1. The number of nitrogens with one attached hydrogen (secondary N) is 1. The third-order valence-corrected chi connectivity index (χ3v) is 3.41. The Balaban J connectivity index is 1.82. The molecule has 0 aliphatic carbocycles. The molecule has 0 heterocycles. The fourth-order valence-electron chi connectivity index (χ4n) is 2.21. The number of amides is 1. The lowest BCUT2D eigenvalue weighted by Crippen LogP contribution is -2.25. The van der Waals surface area contributed by atoms with Crippen LogP contribution in [0.15, 0.2) is 48.5 Å². The highest BCUT2D eigenvalue weighted by Gasteiger charge is 2.08. The normalized spacial score (nSPS) is 10.3. The van der Waals surface area contributed by atoms with Gasteiger partial charge in [-0.15, -0.1) is 0 Å². The molecule has 0 unspecified atom stereocenters. The SMILES string of the molecule is Cc1ccc(C)c(C(=O)NCCCc2ccccc2)c1. The molecule has 0 saturated heterocycles. The lowest BCUT2D eigenvalue weighted by Gasteiger charge is -2.08. The molecule has 2 aromatic rings. The van der Waals surface area contributed by atoms with E-state index in [-0.39, 0.29) is 5.91 Å². The van der Waals surface area contributed by atoms with Crippen molar-refractivity contribution in [1.29, 1.82) is 0 Å². The number of rotatable bonds is 5. The van der Waals surface area contributed by atoms with E-state index < -0.39 is 0 Å². The highest BCUT2D eigenvalue weighted by atomic mass is 16.1. The zero-order valence-electron chi connectivity index (χ0n) is 12.1. The van der Waals surface area contributed by atoms with Gasteiger partial charge in [0.25, 0.3) is 5.91 Å². The first kappa shape index (κ1) is 14.3. The molecule has 0 fully saturated rings. The summed E-state index contributed by atoms with van der Waals surface area (Å²) >= 11 is 0. The van der Waals surface area contributed by atoms with Crippen LogP contribution in [-0.4, -0.2) is 12.5 Å². The summed E-state index contributed by atoms with van der Waals surface area (Å²) in [5, 5.41) is 3.00. The predicted octanol–water partition coefficient (Wildman–Crippen LogP) is 3.67. The van der Waals surface area contributed by atoms with E-state index in [0.29, 0.717) is 6.54 Å². The zero-order chi connectivity index (χ0) is 14.4. The van der Waals surface area contributed by atoms with Crippen LogP contribution in [0.3, 0.4) is 0 Å². The molecule has 0 bridgehead atoms. The summed E-state index contributed by atoms with van der Waals surface area (Å²) in [5.41, 5.74) is 4.24. The van der Waals surface area contributed by atoms with Crippen LogP contribution in [-0.2, 0) is 6.42 Å². The molecule has 0 aliphatic heterocycles. The van der Waals surface area contributed by atoms with Gasteiger partial charge in [-0.05, 0) is 43.9 Å². The summed E-state index contributed by atoms with van der Waals surface area (Å²) in [6.45, 7) is 4.69. The first-order valence-corrected chi connectivity index (χ1v) is 7.06. The van der Waals surface area contributed by atoms with Crippen molar-refractivity contribution in [2.24, 2.45) is 0 Å². The van der Waals surface area contributed by atoms with Crippen molar-refractivity contribution in [3.8, 4) is 0 Å². The van der Waals surface area contributed by atoms with Crippen molar-refractivity contribution >= 4 is 5.91 Å². The standard InChI is InChI=1S/C18H21NO/c1-14-10-11-15(2)17(13-14)18(20)19-12-6-9-16-7-4-3-5-8-16/h3-5,7-8,10-11,13H,6,9,12H2,1-2H3,(H,19,20). The maximum Gasteiger partial charge on any atom is 0.251 e. The van der Waals surface area contributed by atoms with E-state index in [1.807, 2.05) is 50.2 Å². The second-order valence-corrected chi connectivity index (χ2v) is 5.16. The van der Waals surface area contributed by atoms with Gasteiger partial charge in [-0.1, -0.05) is 48.0 Å². The van der Waals surface area contributed by atoms with E-state index in [1.165, 1.54) is 5.56 Å². The maximum atomic E-state index is 12.1. The molecular formula is C18H21NO. The number of benzene rings is 2. The summed E-state index contributed by atoms with van der Waals surface area (Å²) in [5.74, 6) is 0.0271. The molecular weight excluding hydrogens is 246 g/mol. The minimum absolute atomic E-state index is 0.0271. The van der Waals surface area contributed by atoms with Gasteiger partial charge in [-0.2, -0.15) is 0 Å². The quantitative estimate of drug-likeness (QED) is 0.823. The topological polar surface area (TPSA) is 29.1 Å². The molecule has 0 aromatic heterocycles. The van der Waals surface area contributed by atoms with Gasteiger partial charge >= 0.3 is 0 Å². The van der Waals surface area contributed by atoms with Crippen LogP contribution in [0.1, 0.15) is 33.5 Å². The van der Waals surface area contributed by atoms with E-state index >= 15 is 0 Å². The van der Waals surface area contributed by atoms with E-state index in [9.17, 15) is 4.79 Å². The van der Waals surface area contributed by atoms with Crippen LogP contribution in [0.4, 0.5) is 0 Å².